The molecule has 2 heterocycles. The van der Waals surface area contributed by atoms with Gasteiger partial charge in [-0.05, 0) is 56.5 Å². The summed E-state index contributed by atoms with van der Waals surface area (Å²) >= 11 is 0. The summed E-state index contributed by atoms with van der Waals surface area (Å²) in [6.45, 7) is 4.37. The third-order valence-electron chi connectivity index (χ3n) is 4.48. The predicted octanol–water partition coefficient (Wildman–Crippen LogP) is 3.51. The van der Waals surface area contributed by atoms with Crippen molar-refractivity contribution in [1.29, 1.82) is 0 Å². The lowest BCUT2D eigenvalue weighted by molar-refractivity contribution is 0.0949. The van der Waals surface area contributed by atoms with Crippen molar-refractivity contribution in [2.75, 3.05) is 6.61 Å². The molecule has 25 heavy (non-hydrogen) atoms. The van der Waals surface area contributed by atoms with Crippen LogP contribution in [0.15, 0.2) is 41.7 Å². The molecule has 0 aliphatic heterocycles. The fraction of sp³-hybridized carbons (Fsp3) is 0.450. The molecule has 0 aromatic carbocycles. The van der Waals surface area contributed by atoms with Crippen LogP contribution in [0.3, 0.4) is 0 Å². The number of aromatic nitrogens is 2. The summed E-state index contributed by atoms with van der Waals surface area (Å²) in [4.78, 5) is 22.2. The molecule has 1 fully saturated rings. The molecular weight excluding hydrogens is 314 g/mol. The molecule has 0 bridgehead atoms. The first kappa shape index (κ1) is 17.4. The zero-order chi connectivity index (χ0) is 17.6. The Kier molecular flexibility index (Phi) is 5.64. The van der Waals surface area contributed by atoms with Crippen LogP contribution in [0.1, 0.15) is 54.9 Å². The summed E-state index contributed by atoms with van der Waals surface area (Å²) in [7, 11) is 0. The standard InChI is InChI=1S/C20H25N3O2/c1-3-25-19-17(10-7-12-21-19)20(24)23-13-11-15(2)14-18(23)22-16-8-5-4-6-9-16/h7,10-14,16H,3-6,8-9H2,1-2H3. The van der Waals surface area contributed by atoms with Crippen LogP contribution >= 0.6 is 0 Å². The van der Waals surface area contributed by atoms with E-state index >= 15 is 0 Å². The van der Waals surface area contributed by atoms with Crippen LogP contribution < -0.4 is 10.2 Å². The van der Waals surface area contributed by atoms with E-state index in [0.717, 1.165) is 18.4 Å². The van der Waals surface area contributed by atoms with Crippen molar-refractivity contribution in [3.63, 3.8) is 0 Å². The number of pyridine rings is 2. The van der Waals surface area contributed by atoms with Crippen molar-refractivity contribution in [2.24, 2.45) is 4.99 Å². The van der Waals surface area contributed by atoms with Gasteiger partial charge in [0.25, 0.3) is 5.91 Å². The Labute approximate surface area is 148 Å². The van der Waals surface area contributed by atoms with Crippen LogP contribution in [-0.2, 0) is 0 Å². The lowest BCUT2D eigenvalue weighted by Crippen LogP contribution is -2.30. The molecule has 3 rings (SSSR count). The van der Waals surface area contributed by atoms with Gasteiger partial charge in [-0.3, -0.25) is 14.4 Å². The fourth-order valence-corrected chi connectivity index (χ4v) is 3.19. The predicted molar refractivity (Wildman–Crippen MR) is 96.7 cm³/mol. The average Bonchev–Trinajstić information content (AvgIpc) is 2.63. The number of carbonyl (C=O) groups excluding carboxylic acids is 1. The van der Waals surface area contributed by atoms with Crippen molar-refractivity contribution < 1.29 is 9.53 Å². The second-order valence-corrected chi connectivity index (χ2v) is 6.45. The van der Waals surface area contributed by atoms with E-state index in [1.54, 1.807) is 29.1 Å². The summed E-state index contributed by atoms with van der Waals surface area (Å²) in [5.41, 5.74) is 2.26. The summed E-state index contributed by atoms with van der Waals surface area (Å²) in [5, 5.41) is 0. The third kappa shape index (κ3) is 4.16. The summed E-state index contributed by atoms with van der Waals surface area (Å²) in [6, 6.07) is 7.70. The summed E-state index contributed by atoms with van der Waals surface area (Å²) in [6.07, 6.45) is 9.33. The number of rotatable bonds is 4. The fourth-order valence-electron chi connectivity index (χ4n) is 3.19. The molecule has 1 saturated carbocycles. The summed E-state index contributed by atoms with van der Waals surface area (Å²) in [5.74, 6) is 0.206. The highest BCUT2D eigenvalue weighted by Gasteiger charge is 2.17. The minimum Gasteiger partial charge on any atom is -0.477 e. The Morgan fingerprint density at radius 1 is 1.32 bits per heavy atom. The Morgan fingerprint density at radius 2 is 2.12 bits per heavy atom. The van der Waals surface area contributed by atoms with E-state index in [4.69, 9.17) is 9.73 Å². The molecule has 0 amide bonds. The Morgan fingerprint density at radius 3 is 2.88 bits per heavy atom. The molecule has 5 heteroatoms. The molecular formula is C20H25N3O2. The van der Waals surface area contributed by atoms with Gasteiger partial charge in [0, 0.05) is 12.4 Å². The van der Waals surface area contributed by atoms with Gasteiger partial charge in [0.15, 0.2) is 0 Å². The van der Waals surface area contributed by atoms with E-state index in [1.807, 2.05) is 26.0 Å². The van der Waals surface area contributed by atoms with Gasteiger partial charge in [-0.1, -0.05) is 19.3 Å². The van der Waals surface area contributed by atoms with E-state index in [9.17, 15) is 4.79 Å². The molecule has 1 aliphatic rings. The first-order chi connectivity index (χ1) is 12.2. The quantitative estimate of drug-likeness (QED) is 0.856. The first-order valence-corrected chi connectivity index (χ1v) is 9.04. The second kappa shape index (κ2) is 8.10. The van der Waals surface area contributed by atoms with Crippen molar-refractivity contribution in [3.05, 3.63) is 53.3 Å². The van der Waals surface area contributed by atoms with E-state index in [-0.39, 0.29) is 5.91 Å². The molecule has 1 aliphatic carbocycles. The molecule has 0 N–H and O–H groups in total. The van der Waals surface area contributed by atoms with Gasteiger partial charge in [0.05, 0.1) is 12.6 Å². The Balaban J connectivity index is 2.02. The van der Waals surface area contributed by atoms with Gasteiger partial charge in [-0.25, -0.2) is 4.98 Å². The molecule has 0 radical (unpaired) electrons. The maximum Gasteiger partial charge on any atom is 0.269 e. The minimum absolute atomic E-state index is 0.161. The van der Waals surface area contributed by atoms with E-state index in [2.05, 4.69) is 4.98 Å². The third-order valence-corrected chi connectivity index (χ3v) is 4.48. The lowest BCUT2D eigenvalue weighted by Gasteiger charge is -2.18. The van der Waals surface area contributed by atoms with Crippen LogP contribution in [0.2, 0.25) is 0 Å². The van der Waals surface area contributed by atoms with E-state index in [0.29, 0.717) is 29.6 Å². The number of carbonyl (C=O) groups is 1. The molecule has 2 aromatic rings. The number of ether oxygens (including phenoxy) is 1. The molecule has 2 aromatic heterocycles. The molecule has 0 atom stereocenters. The Bertz CT molecular complexity index is 805. The van der Waals surface area contributed by atoms with Crippen molar-refractivity contribution in [3.8, 4) is 5.88 Å². The monoisotopic (exact) mass is 339 g/mol. The highest BCUT2D eigenvalue weighted by atomic mass is 16.5. The maximum absolute atomic E-state index is 13.1. The van der Waals surface area contributed by atoms with Crippen molar-refractivity contribution in [2.45, 2.75) is 52.0 Å². The zero-order valence-corrected chi connectivity index (χ0v) is 14.9. The van der Waals surface area contributed by atoms with E-state index < -0.39 is 0 Å². The molecule has 0 saturated heterocycles. The molecule has 0 unspecified atom stereocenters. The van der Waals surface area contributed by atoms with Gasteiger partial charge >= 0.3 is 0 Å². The molecule has 5 nitrogen and oxygen atoms in total. The van der Waals surface area contributed by atoms with Gasteiger partial charge in [-0.15, -0.1) is 0 Å². The van der Waals surface area contributed by atoms with Crippen LogP contribution in [0, 0.1) is 6.92 Å². The second-order valence-electron chi connectivity index (χ2n) is 6.45. The SMILES string of the molecule is CCOc1ncccc1C(=O)n1ccc(C)cc1=NC1CCCCC1. The zero-order valence-electron chi connectivity index (χ0n) is 14.9. The van der Waals surface area contributed by atoms with Crippen molar-refractivity contribution in [1.82, 2.24) is 9.55 Å². The number of nitrogens with zero attached hydrogens (tertiary/aromatic N) is 3. The normalized spacial score (nSPS) is 16.0. The smallest absolute Gasteiger partial charge is 0.269 e. The number of aryl methyl sites for hydroxylation is 1. The maximum atomic E-state index is 13.1. The first-order valence-electron chi connectivity index (χ1n) is 9.04. The van der Waals surface area contributed by atoms with Gasteiger partial charge in [0.1, 0.15) is 11.1 Å². The highest BCUT2D eigenvalue weighted by molar-refractivity contribution is 5.97. The summed E-state index contributed by atoms with van der Waals surface area (Å²) < 4.78 is 7.13. The highest BCUT2D eigenvalue weighted by Crippen LogP contribution is 2.20. The van der Waals surface area contributed by atoms with Crippen molar-refractivity contribution >= 4 is 5.91 Å². The number of hydrogen-bond acceptors (Lipinski definition) is 4. The van der Waals surface area contributed by atoms with Crippen LogP contribution in [0.4, 0.5) is 0 Å². The minimum atomic E-state index is -0.161. The van der Waals surface area contributed by atoms with Gasteiger partial charge in [-0.2, -0.15) is 0 Å². The topological polar surface area (TPSA) is 56.5 Å². The average molecular weight is 339 g/mol. The van der Waals surface area contributed by atoms with Crippen LogP contribution in [0.5, 0.6) is 5.88 Å². The van der Waals surface area contributed by atoms with E-state index in [1.165, 1.54) is 19.3 Å². The molecule has 0 spiro atoms. The van der Waals surface area contributed by atoms with Gasteiger partial charge in [0.2, 0.25) is 5.88 Å². The van der Waals surface area contributed by atoms with Gasteiger partial charge < -0.3 is 4.74 Å². The van der Waals surface area contributed by atoms with Crippen LogP contribution in [-0.4, -0.2) is 28.1 Å². The molecule has 132 valence electrons. The van der Waals surface area contributed by atoms with Crippen LogP contribution in [0.25, 0.3) is 0 Å². The lowest BCUT2D eigenvalue weighted by atomic mass is 9.96. The largest absolute Gasteiger partial charge is 0.477 e. The Hall–Kier alpha value is -2.43. The number of hydrogen-bond donors (Lipinski definition) is 0.